The van der Waals surface area contributed by atoms with E-state index in [9.17, 15) is 4.79 Å². The van der Waals surface area contributed by atoms with Gasteiger partial charge < -0.3 is 10.6 Å². The number of benzene rings is 1. The Morgan fingerprint density at radius 3 is 2.67 bits per heavy atom. The standard InChI is InChI=1S/C15H24N2O/c1-5-13(9-16-4)15(18)17-10-14-8-11(2)6-7-12(14)3/h6-8,13,16H,5,9-10H2,1-4H3,(H,17,18). The SMILES string of the molecule is CCC(CNC)C(=O)NCc1cc(C)ccc1C. The Labute approximate surface area is 110 Å². The average Bonchev–Trinajstić information content (AvgIpc) is 2.36. The molecule has 3 nitrogen and oxygen atoms in total. The molecule has 0 aromatic heterocycles. The van der Waals surface area contributed by atoms with E-state index in [-0.39, 0.29) is 11.8 Å². The van der Waals surface area contributed by atoms with E-state index in [1.807, 2.05) is 14.0 Å². The summed E-state index contributed by atoms with van der Waals surface area (Å²) in [5.74, 6) is 0.188. The Balaban J connectivity index is 2.58. The molecule has 100 valence electrons. The lowest BCUT2D eigenvalue weighted by molar-refractivity contribution is -0.125. The van der Waals surface area contributed by atoms with Crippen LogP contribution in [0.1, 0.15) is 30.0 Å². The van der Waals surface area contributed by atoms with Crippen LogP contribution in [0.4, 0.5) is 0 Å². The second-order valence-corrected chi connectivity index (χ2v) is 4.81. The van der Waals surface area contributed by atoms with Crippen LogP contribution in [0.5, 0.6) is 0 Å². The number of hydrogen-bond acceptors (Lipinski definition) is 2. The molecule has 18 heavy (non-hydrogen) atoms. The van der Waals surface area contributed by atoms with Crippen molar-refractivity contribution in [2.75, 3.05) is 13.6 Å². The summed E-state index contributed by atoms with van der Waals surface area (Å²) in [6.45, 7) is 7.54. The van der Waals surface area contributed by atoms with Gasteiger partial charge in [0.2, 0.25) is 5.91 Å². The summed E-state index contributed by atoms with van der Waals surface area (Å²) in [4.78, 5) is 12.0. The lowest BCUT2D eigenvalue weighted by Gasteiger charge is -2.15. The Morgan fingerprint density at radius 2 is 2.06 bits per heavy atom. The lowest BCUT2D eigenvalue weighted by Crippen LogP contribution is -2.35. The first kappa shape index (κ1) is 14.7. The second-order valence-electron chi connectivity index (χ2n) is 4.81. The van der Waals surface area contributed by atoms with E-state index in [1.165, 1.54) is 16.7 Å². The van der Waals surface area contributed by atoms with E-state index in [0.29, 0.717) is 6.54 Å². The number of aryl methyl sites for hydroxylation is 2. The summed E-state index contributed by atoms with van der Waals surface area (Å²) in [5, 5.41) is 6.08. The van der Waals surface area contributed by atoms with Crippen molar-refractivity contribution < 1.29 is 4.79 Å². The molecule has 0 spiro atoms. The predicted molar refractivity (Wildman–Crippen MR) is 75.5 cm³/mol. The monoisotopic (exact) mass is 248 g/mol. The minimum absolute atomic E-state index is 0.0557. The highest BCUT2D eigenvalue weighted by Crippen LogP contribution is 2.11. The number of amides is 1. The average molecular weight is 248 g/mol. The van der Waals surface area contributed by atoms with Crippen molar-refractivity contribution in [3.8, 4) is 0 Å². The van der Waals surface area contributed by atoms with Gasteiger partial charge in [-0.2, -0.15) is 0 Å². The summed E-state index contributed by atoms with van der Waals surface area (Å²) in [7, 11) is 1.88. The highest BCUT2D eigenvalue weighted by atomic mass is 16.1. The summed E-state index contributed by atoms with van der Waals surface area (Å²) in [5.41, 5.74) is 3.65. The van der Waals surface area contributed by atoms with Gasteiger partial charge in [-0.1, -0.05) is 30.7 Å². The van der Waals surface area contributed by atoms with Gasteiger partial charge in [0.15, 0.2) is 0 Å². The van der Waals surface area contributed by atoms with E-state index >= 15 is 0 Å². The van der Waals surface area contributed by atoms with Crippen LogP contribution in [-0.2, 0) is 11.3 Å². The van der Waals surface area contributed by atoms with E-state index in [1.54, 1.807) is 0 Å². The molecular formula is C15H24N2O. The van der Waals surface area contributed by atoms with Crippen LogP contribution in [-0.4, -0.2) is 19.5 Å². The summed E-state index contributed by atoms with van der Waals surface area (Å²) in [6, 6.07) is 6.33. The van der Waals surface area contributed by atoms with Crippen molar-refractivity contribution in [2.24, 2.45) is 5.92 Å². The van der Waals surface area contributed by atoms with Gasteiger partial charge in [0.1, 0.15) is 0 Å². The molecular weight excluding hydrogens is 224 g/mol. The first-order valence-corrected chi connectivity index (χ1v) is 6.57. The topological polar surface area (TPSA) is 41.1 Å². The Morgan fingerprint density at radius 1 is 1.33 bits per heavy atom. The molecule has 0 heterocycles. The highest BCUT2D eigenvalue weighted by Gasteiger charge is 2.14. The fourth-order valence-corrected chi connectivity index (χ4v) is 1.99. The van der Waals surface area contributed by atoms with Crippen molar-refractivity contribution in [2.45, 2.75) is 33.7 Å². The molecule has 0 radical (unpaired) electrons. The van der Waals surface area contributed by atoms with Gasteiger partial charge in [0, 0.05) is 13.1 Å². The molecule has 0 aliphatic carbocycles. The molecule has 0 saturated carbocycles. The molecule has 0 saturated heterocycles. The molecule has 1 rings (SSSR count). The van der Waals surface area contributed by atoms with Crippen LogP contribution in [0.15, 0.2) is 18.2 Å². The van der Waals surface area contributed by atoms with Crippen LogP contribution in [0.25, 0.3) is 0 Å². The smallest absolute Gasteiger partial charge is 0.224 e. The molecule has 0 fully saturated rings. The molecule has 0 aliphatic heterocycles. The van der Waals surface area contributed by atoms with Crippen molar-refractivity contribution in [1.82, 2.24) is 10.6 Å². The molecule has 1 atom stereocenters. The molecule has 2 N–H and O–H groups in total. The predicted octanol–water partition coefficient (Wildman–Crippen LogP) is 2.17. The first-order valence-electron chi connectivity index (χ1n) is 6.57. The second kappa shape index (κ2) is 7.17. The fraction of sp³-hybridized carbons (Fsp3) is 0.533. The van der Waals surface area contributed by atoms with Gasteiger partial charge >= 0.3 is 0 Å². The zero-order chi connectivity index (χ0) is 13.5. The molecule has 1 aromatic rings. The minimum Gasteiger partial charge on any atom is -0.352 e. The zero-order valence-corrected chi connectivity index (χ0v) is 11.8. The van der Waals surface area contributed by atoms with Gasteiger partial charge in [0.05, 0.1) is 5.92 Å². The molecule has 3 heteroatoms. The van der Waals surface area contributed by atoms with Gasteiger partial charge in [-0.25, -0.2) is 0 Å². The summed E-state index contributed by atoms with van der Waals surface area (Å²) < 4.78 is 0. The summed E-state index contributed by atoms with van der Waals surface area (Å²) >= 11 is 0. The Bertz CT molecular complexity index is 401. The third kappa shape index (κ3) is 4.15. The van der Waals surface area contributed by atoms with Crippen LogP contribution in [0.3, 0.4) is 0 Å². The molecule has 0 aliphatic rings. The number of carbonyl (C=O) groups is 1. The Kier molecular flexibility index (Phi) is 5.86. The van der Waals surface area contributed by atoms with Crippen molar-refractivity contribution in [1.29, 1.82) is 0 Å². The van der Waals surface area contributed by atoms with Gasteiger partial charge in [-0.3, -0.25) is 4.79 Å². The van der Waals surface area contributed by atoms with Crippen molar-refractivity contribution in [3.05, 3.63) is 34.9 Å². The van der Waals surface area contributed by atoms with Crippen LogP contribution >= 0.6 is 0 Å². The van der Waals surface area contributed by atoms with E-state index < -0.39 is 0 Å². The van der Waals surface area contributed by atoms with Crippen LogP contribution < -0.4 is 10.6 Å². The Hall–Kier alpha value is -1.35. The fourth-order valence-electron chi connectivity index (χ4n) is 1.99. The molecule has 1 aromatic carbocycles. The molecule has 0 bridgehead atoms. The number of rotatable bonds is 6. The molecule has 1 amide bonds. The number of hydrogen-bond donors (Lipinski definition) is 2. The van der Waals surface area contributed by atoms with Gasteiger partial charge in [-0.05, 0) is 38.4 Å². The minimum atomic E-state index is 0.0557. The van der Waals surface area contributed by atoms with Crippen LogP contribution in [0, 0.1) is 19.8 Å². The zero-order valence-electron chi connectivity index (χ0n) is 11.8. The van der Waals surface area contributed by atoms with Gasteiger partial charge in [0.25, 0.3) is 0 Å². The normalized spacial score (nSPS) is 12.2. The molecule has 1 unspecified atom stereocenters. The highest BCUT2D eigenvalue weighted by molar-refractivity contribution is 5.78. The quantitative estimate of drug-likeness (QED) is 0.810. The van der Waals surface area contributed by atoms with E-state index in [2.05, 4.69) is 42.7 Å². The third-order valence-corrected chi connectivity index (χ3v) is 3.27. The van der Waals surface area contributed by atoms with Crippen molar-refractivity contribution in [3.63, 3.8) is 0 Å². The summed E-state index contributed by atoms with van der Waals surface area (Å²) in [6.07, 6.45) is 0.861. The van der Waals surface area contributed by atoms with Crippen molar-refractivity contribution >= 4 is 5.91 Å². The van der Waals surface area contributed by atoms with Gasteiger partial charge in [-0.15, -0.1) is 0 Å². The maximum absolute atomic E-state index is 12.0. The lowest BCUT2D eigenvalue weighted by atomic mass is 10.0. The maximum Gasteiger partial charge on any atom is 0.224 e. The maximum atomic E-state index is 12.0. The van der Waals surface area contributed by atoms with E-state index in [0.717, 1.165) is 13.0 Å². The third-order valence-electron chi connectivity index (χ3n) is 3.27. The number of carbonyl (C=O) groups excluding carboxylic acids is 1. The first-order chi connectivity index (χ1) is 8.58. The van der Waals surface area contributed by atoms with Crippen LogP contribution in [0.2, 0.25) is 0 Å². The largest absolute Gasteiger partial charge is 0.352 e. The number of nitrogens with one attached hydrogen (secondary N) is 2. The van der Waals surface area contributed by atoms with E-state index in [4.69, 9.17) is 0 Å².